The van der Waals surface area contributed by atoms with Crippen LogP contribution in [0.1, 0.15) is 17.0 Å². The largest absolute Gasteiger partial charge is 0.355 e. The molecular weight excluding hydrogens is 462 g/mol. The Morgan fingerprint density at radius 3 is 1.80 bits per heavy atom. The molecule has 0 radical (unpaired) electrons. The Hall–Kier alpha value is -3.40. The van der Waals surface area contributed by atoms with E-state index in [0.717, 1.165) is 5.75 Å². The molecule has 1 nitrogen and oxygen atoms in total. The van der Waals surface area contributed by atoms with Crippen molar-refractivity contribution >= 4 is 29.1 Å². The zero-order valence-electron chi connectivity index (χ0n) is 19.2. The number of benzene rings is 4. The van der Waals surface area contributed by atoms with Crippen LogP contribution >= 0.6 is 23.5 Å². The molecule has 1 unspecified atom stereocenters. The van der Waals surface area contributed by atoms with E-state index >= 15 is 0 Å². The van der Waals surface area contributed by atoms with Gasteiger partial charge in [-0.05, 0) is 27.8 Å². The van der Waals surface area contributed by atoms with E-state index in [1.165, 1.54) is 48.2 Å². The minimum atomic E-state index is 0.384. The first-order valence-electron chi connectivity index (χ1n) is 11.9. The first-order chi connectivity index (χ1) is 17.4. The smallest absolute Gasteiger partial charge is 0.0861 e. The summed E-state index contributed by atoms with van der Waals surface area (Å²) in [5, 5.41) is 1.19. The van der Waals surface area contributed by atoms with E-state index in [1.807, 2.05) is 23.5 Å². The number of nitrogens with one attached hydrogen (secondary N) is 1. The van der Waals surface area contributed by atoms with Crippen molar-refractivity contribution in [1.29, 1.82) is 0 Å². The van der Waals surface area contributed by atoms with Crippen molar-refractivity contribution in [3.8, 4) is 22.3 Å². The first-order valence-corrected chi connectivity index (χ1v) is 13.7. The molecule has 1 aliphatic rings. The average molecular weight is 488 g/mol. The molecule has 35 heavy (non-hydrogen) atoms. The van der Waals surface area contributed by atoms with Gasteiger partial charge in [-0.1, -0.05) is 133 Å². The van der Waals surface area contributed by atoms with Gasteiger partial charge in [0.05, 0.1) is 9.26 Å². The molecule has 0 aliphatic carbocycles. The van der Waals surface area contributed by atoms with Crippen LogP contribution in [-0.4, -0.2) is 10.7 Å². The van der Waals surface area contributed by atoms with Gasteiger partial charge in [0.1, 0.15) is 0 Å². The minimum absolute atomic E-state index is 0.384. The van der Waals surface area contributed by atoms with Crippen molar-refractivity contribution in [1.82, 2.24) is 4.98 Å². The third-order valence-corrected chi connectivity index (χ3v) is 8.94. The van der Waals surface area contributed by atoms with Crippen LogP contribution in [0.4, 0.5) is 0 Å². The maximum absolute atomic E-state index is 3.64. The number of aromatic amines is 1. The van der Waals surface area contributed by atoms with Gasteiger partial charge >= 0.3 is 0 Å². The topological polar surface area (TPSA) is 15.8 Å². The Morgan fingerprint density at radius 1 is 0.629 bits per heavy atom. The Balaban J connectivity index is 1.48. The lowest BCUT2D eigenvalue weighted by Gasteiger charge is -2.16. The number of rotatable bonds is 6. The molecular formula is C32H25NS2. The predicted molar refractivity (Wildman–Crippen MR) is 153 cm³/mol. The lowest BCUT2D eigenvalue weighted by atomic mass is 9.89. The third kappa shape index (κ3) is 4.50. The van der Waals surface area contributed by atoms with E-state index in [-0.39, 0.29) is 0 Å². The van der Waals surface area contributed by atoms with Gasteiger partial charge in [-0.3, -0.25) is 0 Å². The highest BCUT2D eigenvalue weighted by Crippen LogP contribution is 2.54. The molecule has 3 heteroatoms. The van der Waals surface area contributed by atoms with Gasteiger partial charge in [0.2, 0.25) is 0 Å². The summed E-state index contributed by atoms with van der Waals surface area (Å²) < 4.78 is 1.38. The number of thioether (sulfide) groups is 2. The highest BCUT2D eigenvalue weighted by atomic mass is 32.2. The highest BCUT2D eigenvalue weighted by Gasteiger charge is 2.30. The Labute approximate surface area is 215 Å². The molecule has 0 saturated heterocycles. The molecule has 4 aromatic carbocycles. The summed E-state index contributed by atoms with van der Waals surface area (Å²) in [4.78, 5) is 3.64. The standard InChI is InChI=1S/C32H25NS2/c1-5-13-23(14-6-1)27-21-33-31(29(27)25-17-9-3-10-18-25)35-32-30(26-19-11-4-12-20-26)28(22-34-32)24-15-7-2-8-16-24/h1-21,28,33H,22H2. The van der Waals surface area contributed by atoms with E-state index in [9.17, 15) is 0 Å². The number of hydrogen-bond acceptors (Lipinski definition) is 2. The maximum atomic E-state index is 3.64. The summed E-state index contributed by atoms with van der Waals surface area (Å²) >= 11 is 3.85. The van der Waals surface area contributed by atoms with Crippen molar-refractivity contribution in [2.75, 3.05) is 5.75 Å². The summed E-state index contributed by atoms with van der Waals surface area (Å²) in [7, 11) is 0. The molecule has 1 aliphatic heterocycles. The van der Waals surface area contributed by atoms with Crippen LogP contribution in [0.2, 0.25) is 0 Å². The number of hydrogen-bond donors (Lipinski definition) is 1. The second-order valence-electron chi connectivity index (χ2n) is 8.58. The van der Waals surface area contributed by atoms with Gasteiger partial charge in [0.15, 0.2) is 0 Å². The van der Waals surface area contributed by atoms with E-state index in [1.54, 1.807) is 0 Å². The van der Waals surface area contributed by atoms with E-state index in [4.69, 9.17) is 0 Å². The van der Waals surface area contributed by atoms with Crippen LogP contribution in [0.5, 0.6) is 0 Å². The van der Waals surface area contributed by atoms with E-state index in [0.29, 0.717) is 5.92 Å². The fraction of sp³-hybridized carbons (Fsp3) is 0.0625. The molecule has 0 spiro atoms. The van der Waals surface area contributed by atoms with Crippen LogP contribution in [0.25, 0.3) is 27.8 Å². The second-order valence-corrected chi connectivity index (χ2v) is 10.9. The lowest BCUT2D eigenvalue weighted by molar-refractivity contribution is 1.02. The van der Waals surface area contributed by atoms with Gasteiger partial charge in [-0.2, -0.15) is 0 Å². The molecule has 1 atom stereocenters. The third-order valence-electron chi connectivity index (χ3n) is 6.42. The number of aromatic nitrogens is 1. The summed E-state index contributed by atoms with van der Waals surface area (Å²) in [6.45, 7) is 0. The van der Waals surface area contributed by atoms with Crippen molar-refractivity contribution in [3.63, 3.8) is 0 Å². The highest BCUT2D eigenvalue weighted by molar-refractivity contribution is 8.22. The van der Waals surface area contributed by atoms with Crippen LogP contribution in [0.15, 0.2) is 137 Å². The summed E-state index contributed by atoms with van der Waals surface area (Å²) in [5.74, 6) is 1.44. The van der Waals surface area contributed by atoms with Crippen molar-refractivity contribution in [2.24, 2.45) is 0 Å². The molecule has 6 rings (SSSR count). The zero-order chi connectivity index (χ0) is 23.5. The Kier molecular flexibility index (Phi) is 6.35. The normalized spacial score (nSPS) is 15.5. The minimum Gasteiger partial charge on any atom is -0.355 e. The molecule has 1 N–H and O–H groups in total. The fourth-order valence-corrected chi connectivity index (χ4v) is 7.53. The Morgan fingerprint density at radius 2 is 1.17 bits per heavy atom. The molecule has 0 saturated carbocycles. The average Bonchev–Trinajstić information content (AvgIpc) is 3.55. The molecule has 1 aromatic heterocycles. The van der Waals surface area contributed by atoms with Gasteiger partial charge in [0, 0.05) is 29.0 Å². The van der Waals surface area contributed by atoms with E-state index < -0.39 is 0 Å². The zero-order valence-corrected chi connectivity index (χ0v) is 20.9. The van der Waals surface area contributed by atoms with E-state index in [2.05, 4.69) is 133 Å². The molecule has 0 bridgehead atoms. The van der Waals surface area contributed by atoms with Crippen molar-refractivity contribution < 1.29 is 0 Å². The molecule has 170 valence electrons. The summed E-state index contributed by atoms with van der Waals surface area (Å²) in [6.07, 6.45) is 2.16. The monoisotopic (exact) mass is 487 g/mol. The van der Waals surface area contributed by atoms with Gasteiger partial charge in [0.25, 0.3) is 0 Å². The van der Waals surface area contributed by atoms with Gasteiger partial charge in [-0.25, -0.2) is 0 Å². The summed E-state index contributed by atoms with van der Waals surface area (Å²) in [5.41, 5.74) is 9.10. The number of allylic oxidation sites excluding steroid dienone is 1. The van der Waals surface area contributed by atoms with Crippen LogP contribution < -0.4 is 0 Å². The quantitative estimate of drug-likeness (QED) is 0.257. The van der Waals surface area contributed by atoms with Crippen LogP contribution in [0, 0.1) is 0 Å². The summed E-state index contributed by atoms with van der Waals surface area (Å²) in [6, 6.07) is 43.2. The number of H-pyrrole nitrogens is 1. The van der Waals surface area contributed by atoms with Crippen LogP contribution in [-0.2, 0) is 0 Å². The van der Waals surface area contributed by atoms with Crippen LogP contribution in [0.3, 0.4) is 0 Å². The first kappa shape index (κ1) is 22.1. The predicted octanol–water partition coefficient (Wildman–Crippen LogP) is 9.34. The molecule has 0 fully saturated rings. The fourth-order valence-electron chi connectivity index (χ4n) is 4.75. The van der Waals surface area contributed by atoms with Gasteiger partial charge < -0.3 is 4.98 Å². The molecule has 2 heterocycles. The molecule has 0 amide bonds. The van der Waals surface area contributed by atoms with Crippen molar-refractivity contribution in [2.45, 2.75) is 10.9 Å². The van der Waals surface area contributed by atoms with Gasteiger partial charge in [-0.15, -0.1) is 11.8 Å². The lowest BCUT2D eigenvalue weighted by Crippen LogP contribution is -2.00. The maximum Gasteiger partial charge on any atom is 0.0861 e. The Bertz CT molecular complexity index is 1440. The SMILES string of the molecule is c1ccc(C2=C(Sc3[nH]cc(-c4ccccc4)c3-c3ccccc3)SCC2c2ccccc2)cc1. The second kappa shape index (κ2) is 10.1. The molecule has 5 aromatic rings. The van der Waals surface area contributed by atoms with Crippen molar-refractivity contribution in [3.05, 3.63) is 143 Å².